The van der Waals surface area contributed by atoms with Crippen molar-refractivity contribution in [2.75, 3.05) is 11.7 Å². The van der Waals surface area contributed by atoms with E-state index in [-0.39, 0.29) is 0 Å². The number of aromatic nitrogens is 6. The summed E-state index contributed by atoms with van der Waals surface area (Å²) in [4.78, 5) is 0. The maximum Gasteiger partial charge on any atom is 0.138 e. The van der Waals surface area contributed by atoms with E-state index in [0.717, 1.165) is 0 Å². The minimum absolute atomic E-state index is 1.28. The summed E-state index contributed by atoms with van der Waals surface area (Å²) in [6.07, 6.45) is 5.67. The summed E-state index contributed by atoms with van der Waals surface area (Å²) in [5.74, 6) is 10.1. The molecular weight excluding hydrogens is 160 g/mol. The quantitative estimate of drug-likeness (QED) is 0.439. The number of nitrogen functional groups attached to an aromatic ring is 2. The Hall–Kier alpha value is -2.12. The summed E-state index contributed by atoms with van der Waals surface area (Å²) in [5, 5.41) is 13.6. The summed E-state index contributed by atoms with van der Waals surface area (Å²) < 4.78 is 2.56. The second-order valence-electron chi connectivity index (χ2n) is 1.82. The standard InChI is InChI=1S/2C2H4N4/c2*3-6-1-4-5-2-6/h2*1-2H,3H2. The lowest BCUT2D eigenvalue weighted by Gasteiger charge is -1.76. The van der Waals surface area contributed by atoms with Crippen LogP contribution in [0.1, 0.15) is 0 Å². The van der Waals surface area contributed by atoms with Crippen molar-refractivity contribution in [3.8, 4) is 0 Å². The van der Waals surface area contributed by atoms with E-state index in [1.54, 1.807) is 0 Å². The van der Waals surface area contributed by atoms with Crippen molar-refractivity contribution in [3.63, 3.8) is 0 Å². The second kappa shape index (κ2) is 3.91. The Morgan fingerprint density at radius 2 is 0.917 bits per heavy atom. The molecule has 0 amide bonds. The van der Waals surface area contributed by atoms with Crippen molar-refractivity contribution < 1.29 is 0 Å². The molecule has 0 atom stereocenters. The van der Waals surface area contributed by atoms with E-state index in [1.807, 2.05) is 0 Å². The molecule has 0 unspecified atom stereocenters. The Labute approximate surface area is 67.8 Å². The first-order valence-electron chi connectivity index (χ1n) is 2.98. The molecule has 0 aromatic carbocycles. The molecular formula is C4H8N8. The van der Waals surface area contributed by atoms with Gasteiger partial charge in [0, 0.05) is 0 Å². The average Bonchev–Trinajstić information content (AvgIpc) is 2.63. The highest BCUT2D eigenvalue weighted by Gasteiger charge is 1.71. The molecule has 0 fully saturated rings. The van der Waals surface area contributed by atoms with Gasteiger partial charge in [-0.05, 0) is 0 Å². The van der Waals surface area contributed by atoms with Gasteiger partial charge in [0.25, 0.3) is 0 Å². The van der Waals surface area contributed by atoms with Crippen molar-refractivity contribution in [1.29, 1.82) is 0 Å². The van der Waals surface area contributed by atoms with Gasteiger partial charge in [0.1, 0.15) is 25.3 Å². The van der Waals surface area contributed by atoms with Crippen LogP contribution in [-0.4, -0.2) is 29.7 Å². The van der Waals surface area contributed by atoms with E-state index in [0.29, 0.717) is 0 Å². The number of hydrogen-bond donors (Lipinski definition) is 2. The normalized spacial score (nSPS) is 8.67. The summed E-state index contributed by atoms with van der Waals surface area (Å²) in [7, 11) is 0. The van der Waals surface area contributed by atoms with Crippen LogP contribution in [0.2, 0.25) is 0 Å². The van der Waals surface area contributed by atoms with Gasteiger partial charge in [0.05, 0.1) is 0 Å². The van der Waals surface area contributed by atoms with Gasteiger partial charge in [-0.3, -0.25) is 0 Å². The summed E-state index contributed by atoms with van der Waals surface area (Å²) in [5.41, 5.74) is 0. The van der Waals surface area contributed by atoms with Crippen LogP contribution in [0.15, 0.2) is 25.3 Å². The molecule has 0 aliphatic carbocycles. The summed E-state index contributed by atoms with van der Waals surface area (Å²) >= 11 is 0. The van der Waals surface area contributed by atoms with Crippen LogP contribution in [0.5, 0.6) is 0 Å². The highest BCUT2D eigenvalue weighted by Crippen LogP contribution is 1.62. The Balaban J connectivity index is 0.000000120. The van der Waals surface area contributed by atoms with Crippen LogP contribution in [0.25, 0.3) is 0 Å². The zero-order valence-electron chi connectivity index (χ0n) is 6.15. The molecule has 0 aliphatic rings. The van der Waals surface area contributed by atoms with Crippen molar-refractivity contribution in [1.82, 2.24) is 29.7 Å². The number of rotatable bonds is 0. The van der Waals surface area contributed by atoms with Gasteiger partial charge in [-0.2, -0.15) is 0 Å². The lowest BCUT2D eigenvalue weighted by molar-refractivity contribution is 0.997. The molecule has 0 saturated carbocycles. The van der Waals surface area contributed by atoms with E-state index < -0.39 is 0 Å². The summed E-state index contributed by atoms with van der Waals surface area (Å²) in [6.45, 7) is 0. The molecule has 0 radical (unpaired) electrons. The average molecular weight is 168 g/mol. The molecule has 2 rings (SSSR count). The van der Waals surface area contributed by atoms with Crippen molar-refractivity contribution in [3.05, 3.63) is 25.3 Å². The maximum absolute atomic E-state index is 5.07. The Kier molecular flexibility index (Phi) is 2.60. The van der Waals surface area contributed by atoms with E-state index in [9.17, 15) is 0 Å². The van der Waals surface area contributed by atoms with E-state index in [1.165, 1.54) is 34.7 Å². The molecule has 4 N–H and O–H groups in total. The zero-order chi connectivity index (χ0) is 8.81. The second-order valence-corrected chi connectivity index (χ2v) is 1.82. The van der Waals surface area contributed by atoms with Crippen LogP contribution in [0.4, 0.5) is 0 Å². The monoisotopic (exact) mass is 168 g/mol. The molecule has 2 aromatic heterocycles. The smallest absolute Gasteiger partial charge is 0.138 e. The molecule has 0 bridgehead atoms. The number of nitrogens with zero attached hydrogens (tertiary/aromatic N) is 6. The van der Waals surface area contributed by atoms with Crippen molar-refractivity contribution in [2.24, 2.45) is 0 Å². The fraction of sp³-hybridized carbons (Fsp3) is 0. The van der Waals surface area contributed by atoms with Gasteiger partial charge in [-0.15, -0.1) is 20.4 Å². The fourth-order valence-electron chi connectivity index (χ4n) is 0.417. The molecule has 0 spiro atoms. The van der Waals surface area contributed by atoms with E-state index in [2.05, 4.69) is 20.4 Å². The third-order valence-corrected chi connectivity index (χ3v) is 0.873. The first kappa shape index (κ1) is 7.98. The summed E-state index contributed by atoms with van der Waals surface area (Å²) in [6, 6.07) is 0. The molecule has 12 heavy (non-hydrogen) atoms. The molecule has 0 saturated heterocycles. The Morgan fingerprint density at radius 3 is 1.00 bits per heavy atom. The topological polar surface area (TPSA) is 113 Å². The SMILES string of the molecule is Nn1cnnc1.Nn1cnnc1. The van der Waals surface area contributed by atoms with Gasteiger partial charge in [-0.1, -0.05) is 0 Å². The van der Waals surface area contributed by atoms with Crippen LogP contribution in [0, 0.1) is 0 Å². The molecule has 0 aliphatic heterocycles. The van der Waals surface area contributed by atoms with Crippen LogP contribution < -0.4 is 11.7 Å². The molecule has 64 valence electrons. The fourth-order valence-corrected chi connectivity index (χ4v) is 0.417. The van der Waals surface area contributed by atoms with Gasteiger partial charge in [-0.25, -0.2) is 9.35 Å². The molecule has 2 aromatic rings. The zero-order valence-corrected chi connectivity index (χ0v) is 6.15. The van der Waals surface area contributed by atoms with Crippen LogP contribution in [0.3, 0.4) is 0 Å². The molecule has 2 heterocycles. The number of hydrogen-bond acceptors (Lipinski definition) is 6. The predicted molar refractivity (Wildman–Crippen MR) is 40.3 cm³/mol. The van der Waals surface area contributed by atoms with E-state index in [4.69, 9.17) is 11.7 Å². The van der Waals surface area contributed by atoms with Gasteiger partial charge < -0.3 is 11.7 Å². The highest BCUT2D eigenvalue weighted by molar-refractivity contribution is 4.55. The first-order chi connectivity index (χ1) is 5.79. The van der Waals surface area contributed by atoms with Crippen LogP contribution in [-0.2, 0) is 0 Å². The minimum Gasteiger partial charge on any atom is -0.337 e. The van der Waals surface area contributed by atoms with Gasteiger partial charge >= 0.3 is 0 Å². The van der Waals surface area contributed by atoms with Gasteiger partial charge in [0.15, 0.2) is 0 Å². The molecule has 8 heteroatoms. The number of nitrogens with two attached hydrogens (primary N) is 2. The molecule has 8 nitrogen and oxygen atoms in total. The van der Waals surface area contributed by atoms with Gasteiger partial charge in [0.2, 0.25) is 0 Å². The minimum atomic E-state index is 1.28. The first-order valence-corrected chi connectivity index (χ1v) is 2.98. The largest absolute Gasteiger partial charge is 0.337 e. The Bertz CT molecular complexity index is 250. The highest BCUT2D eigenvalue weighted by atomic mass is 15.4. The predicted octanol–water partition coefficient (Wildman–Crippen LogP) is -2.02. The third kappa shape index (κ3) is 2.64. The van der Waals surface area contributed by atoms with Crippen molar-refractivity contribution >= 4 is 0 Å². The van der Waals surface area contributed by atoms with Crippen molar-refractivity contribution in [2.45, 2.75) is 0 Å². The van der Waals surface area contributed by atoms with E-state index >= 15 is 0 Å². The maximum atomic E-state index is 5.07. The third-order valence-electron chi connectivity index (χ3n) is 0.873. The van der Waals surface area contributed by atoms with Crippen LogP contribution >= 0.6 is 0 Å². The Morgan fingerprint density at radius 1 is 0.667 bits per heavy atom. The lowest BCUT2D eigenvalue weighted by atomic mass is 11.3. The lowest BCUT2D eigenvalue weighted by Crippen LogP contribution is -2.02.